The third-order valence-corrected chi connectivity index (χ3v) is 4.34. The first-order valence-corrected chi connectivity index (χ1v) is 7.83. The van der Waals surface area contributed by atoms with Crippen molar-refractivity contribution in [2.75, 3.05) is 7.05 Å². The van der Waals surface area contributed by atoms with Crippen molar-refractivity contribution in [3.05, 3.63) is 31.8 Å². The van der Waals surface area contributed by atoms with Gasteiger partial charge >= 0.3 is 0 Å². The van der Waals surface area contributed by atoms with Crippen LogP contribution >= 0.6 is 38.5 Å². The molecule has 1 atom stereocenters. The number of rotatable bonds is 4. The zero-order valence-corrected chi connectivity index (χ0v) is 14.7. The summed E-state index contributed by atoms with van der Waals surface area (Å²) in [6, 6.07) is 6.94. The first-order valence-electron chi connectivity index (χ1n) is 5.96. The van der Waals surface area contributed by atoms with Crippen LogP contribution in [0.5, 0.6) is 0 Å². The van der Waals surface area contributed by atoms with Crippen LogP contribution in [0.15, 0.2) is 22.7 Å². The normalized spacial score (nSPS) is 13.8. The third-order valence-electron chi connectivity index (χ3n) is 2.86. The first kappa shape index (κ1) is 15.4. The van der Waals surface area contributed by atoms with E-state index in [-0.39, 0.29) is 0 Å². The van der Waals surface area contributed by atoms with Gasteiger partial charge in [-0.1, -0.05) is 36.7 Å². The summed E-state index contributed by atoms with van der Waals surface area (Å²) in [6.45, 7) is 6.89. The van der Waals surface area contributed by atoms with E-state index in [1.165, 1.54) is 22.0 Å². The highest BCUT2D eigenvalue weighted by Gasteiger charge is 2.17. The van der Waals surface area contributed by atoms with Crippen LogP contribution < -0.4 is 5.32 Å². The predicted molar refractivity (Wildman–Crippen MR) is 87.3 cm³/mol. The third kappa shape index (κ3) is 5.26. The molecular weight excluding hydrogens is 389 g/mol. The average Bonchev–Trinajstić information content (AvgIpc) is 2.22. The van der Waals surface area contributed by atoms with Gasteiger partial charge in [0.1, 0.15) is 0 Å². The van der Waals surface area contributed by atoms with Crippen molar-refractivity contribution in [1.82, 2.24) is 5.32 Å². The van der Waals surface area contributed by atoms with Gasteiger partial charge in [0.15, 0.2) is 0 Å². The smallest absolute Gasteiger partial charge is 0.0328 e. The Hall–Kier alpha value is 0.390. The minimum atomic E-state index is 0.395. The molecule has 0 bridgehead atoms. The topological polar surface area (TPSA) is 12.0 Å². The molecule has 0 heterocycles. The molecule has 0 spiro atoms. The molecule has 0 amide bonds. The summed E-state index contributed by atoms with van der Waals surface area (Å²) >= 11 is 5.97. The van der Waals surface area contributed by atoms with Crippen LogP contribution in [-0.4, -0.2) is 7.05 Å². The summed E-state index contributed by atoms with van der Waals surface area (Å²) in [5.74, 6) is 0. The summed E-state index contributed by atoms with van der Waals surface area (Å²) in [5.41, 5.74) is 1.79. The highest BCUT2D eigenvalue weighted by Crippen LogP contribution is 2.30. The van der Waals surface area contributed by atoms with Crippen molar-refractivity contribution < 1.29 is 0 Å². The molecule has 1 aromatic rings. The Bertz CT molecular complexity index is 371. The molecule has 0 saturated carbocycles. The summed E-state index contributed by atoms with van der Waals surface area (Å²) in [5, 5.41) is 3.43. The molecule has 0 aliphatic rings. The van der Waals surface area contributed by atoms with Crippen LogP contribution in [0.1, 0.15) is 45.2 Å². The van der Waals surface area contributed by atoms with E-state index in [0.717, 1.165) is 4.47 Å². The molecule has 0 radical (unpaired) electrons. The zero-order valence-electron chi connectivity index (χ0n) is 11.0. The van der Waals surface area contributed by atoms with Crippen LogP contribution in [0.2, 0.25) is 0 Å². The summed E-state index contributed by atoms with van der Waals surface area (Å²) < 4.78 is 2.49. The SMILES string of the molecule is CNC(CCC(C)(C)C)c1cc(Br)ccc1I. The number of nitrogens with one attached hydrogen (secondary N) is 1. The van der Waals surface area contributed by atoms with Gasteiger partial charge < -0.3 is 5.32 Å². The molecule has 0 fully saturated rings. The van der Waals surface area contributed by atoms with Crippen LogP contribution in [0.3, 0.4) is 0 Å². The molecule has 1 unspecified atom stereocenters. The molecule has 1 nitrogen and oxygen atoms in total. The second kappa shape index (κ2) is 6.53. The zero-order chi connectivity index (χ0) is 13.1. The largest absolute Gasteiger partial charge is 0.313 e. The quantitative estimate of drug-likeness (QED) is 0.678. The minimum Gasteiger partial charge on any atom is -0.313 e. The maximum absolute atomic E-state index is 3.55. The van der Waals surface area contributed by atoms with E-state index in [2.05, 4.69) is 82.8 Å². The summed E-state index contributed by atoms with van der Waals surface area (Å²) in [6.07, 6.45) is 2.40. The molecule has 1 rings (SSSR count). The van der Waals surface area contributed by atoms with Gasteiger partial charge in [-0.05, 0) is 71.7 Å². The second-order valence-corrected chi connectivity index (χ2v) is 7.68. The van der Waals surface area contributed by atoms with Crippen molar-refractivity contribution in [2.45, 2.75) is 39.7 Å². The number of benzene rings is 1. The highest BCUT2D eigenvalue weighted by atomic mass is 127. The van der Waals surface area contributed by atoms with Crippen LogP contribution in [0.4, 0.5) is 0 Å². The first-order chi connectivity index (χ1) is 7.83. The Morgan fingerprint density at radius 2 is 2.00 bits per heavy atom. The summed E-state index contributed by atoms with van der Waals surface area (Å²) in [4.78, 5) is 0. The van der Waals surface area contributed by atoms with E-state index in [4.69, 9.17) is 0 Å². The Balaban J connectivity index is 2.82. The average molecular weight is 410 g/mol. The van der Waals surface area contributed by atoms with Gasteiger partial charge in [0, 0.05) is 14.1 Å². The standard InChI is InChI=1S/C14H21BrIN/c1-14(2,3)8-7-13(17-4)11-9-10(15)5-6-12(11)16/h5-6,9,13,17H,7-8H2,1-4H3. The Kier molecular flexibility index (Phi) is 5.93. The molecule has 0 aromatic heterocycles. The van der Waals surface area contributed by atoms with Crippen molar-refractivity contribution >= 4 is 38.5 Å². The molecule has 0 aliphatic carbocycles. The lowest BCUT2D eigenvalue weighted by molar-refractivity contribution is 0.337. The predicted octanol–water partition coefficient (Wildman–Crippen LogP) is 5.14. The molecule has 0 aliphatic heterocycles. The van der Waals surface area contributed by atoms with Gasteiger partial charge in [0.25, 0.3) is 0 Å². The second-order valence-electron chi connectivity index (χ2n) is 5.61. The molecule has 1 aromatic carbocycles. The van der Waals surface area contributed by atoms with E-state index < -0.39 is 0 Å². The Morgan fingerprint density at radius 1 is 1.35 bits per heavy atom. The number of halogens is 2. The lowest BCUT2D eigenvalue weighted by Gasteiger charge is -2.24. The Labute approximate surface area is 127 Å². The van der Waals surface area contributed by atoms with Crippen molar-refractivity contribution in [3.8, 4) is 0 Å². The van der Waals surface area contributed by atoms with Crippen molar-refractivity contribution in [2.24, 2.45) is 5.41 Å². The lowest BCUT2D eigenvalue weighted by Crippen LogP contribution is -2.20. The van der Waals surface area contributed by atoms with Gasteiger partial charge in [0.2, 0.25) is 0 Å². The minimum absolute atomic E-state index is 0.395. The monoisotopic (exact) mass is 409 g/mol. The van der Waals surface area contributed by atoms with Crippen LogP contribution in [-0.2, 0) is 0 Å². The van der Waals surface area contributed by atoms with E-state index in [9.17, 15) is 0 Å². The molecule has 96 valence electrons. The molecule has 1 N–H and O–H groups in total. The van der Waals surface area contributed by atoms with Crippen molar-refractivity contribution in [3.63, 3.8) is 0 Å². The fourth-order valence-corrected chi connectivity index (χ4v) is 2.90. The lowest BCUT2D eigenvalue weighted by atomic mass is 9.87. The van der Waals surface area contributed by atoms with E-state index in [1.807, 2.05) is 7.05 Å². The van der Waals surface area contributed by atoms with Gasteiger partial charge in [-0.2, -0.15) is 0 Å². The van der Waals surface area contributed by atoms with Crippen molar-refractivity contribution in [1.29, 1.82) is 0 Å². The van der Waals surface area contributed by atoms with Gasteiger partial charge in [-0.15, -0.1) is 0 Å². The fraction of sp³-hybridized carbons (Fsp3) is 0.571. The summed E-state index contributed by atoms with van der Waals surface area (Å²) in [7, 11) is 2.05. The number of hydrogen-bond acceptors (Lipinski definition) is 1. The maximum atomic E-state index is 3.55. The van der Waals surface area contributed by atoms with Gasteiger partial charge in [-0.25, -0.2) is 0 Å². The fourth-order valence-electron chi connectivity index (χ4n) is 1.81. The Morgan fingerprint density at radius 3 is 2.53 bits per heavy atom. The molecule has 3 heteroatoms. The number of hydrogen-bond donors (Lipinski definition) is 1. The molecule has 0 saturated heterocycles. The van der Waals surface area contributed by atoms with Gasteiger partial charge in [0.05, 0.1) is 0 Å². The molecule has 17 heavy (non-hydrogen) atoms. The van der Waals surface area contributed by atoms with Crippen LogP contribution in [0, 0.1) is 8.99 Å². The van der Waals surface area contributed by atoms with E-state index in [0.29, 0.717) is 11.5 Å². The maximum Gasteiger partial charge on any atom is 0.0328 e. The molecular formula is C14H21BrIN. The highest BCUT2D eigenvalue weighted by molar-refractivity contribution is 14.1. The van der Waals surface area contributed by atoms with E-state index >= 15 is 0 Å². The van der Waals surface area contributed by atoms with E-state index in [1.54, 1.807) is 0 Å². The van der Waals surface area contributed by atoms with Crippen LogP contribution in [0.25, 0.3) is 0 Å². The van der Waals surface area contributed by atoms with Gasteiger partial charge in [-0.3, -0.25) is 0 Å².